The lowest BCUT2D eigenvalue weighted by molar-refractivity contribution is -0.385. The van der Waals surface area contributed by atoms with E-state index >= 15 is 0 Å². The molecule has 0 spiro atoms. The van der Waals surface area contributed by atoms with Gasteiger partial charge in [0.1, 0.15) is 0 Å². The molecule has 0 aromatic heterocycles. The first-order valence-corrected chi connectivity index (χ1v) is 8.18. The lowest BCUT2D eigenvalue weighted by Gasteiger charge is -2.19. The van der Waals surface area contributed by atoms with Crippen LogP contribution in [-0.2, 0) is 10.0 Å². The molecular weight excluding hydrogens is 330 g/mol. The average Bonchev–Trinajstić information content (AvgIpc) is 2.89. The van der Waals surface area contributed by atoms with Gasteiger partial charge in [-0.2, -0.15) is 4.31 Å². The van der Waals surface area contributed by atoms with Crippen LogP contribution in [-0.4, -0.2) is 36.8 Å². The van der Waals surface area contributed by atoms with Gasteiger partial charge in [-0.05, 0) is 31.7 Å². The molecule has 1 saturated heterocycles. The van der Waals surface area contributed by atoms with Crippen molar-refractivity contribution in [3.05, 3.63) is 33.9 Å². The molecule has 1 fully saturated rings. The van der Waals surface area contributed by atoms with Gasteiger partial charge in [-0.1, -0.05) is 6.07 Å². The molecule has 1 aromatic rings. The maximum atomic E-state index is 12.7. The molecule has 2 unspecified atom stereocenters. The minimum atomic E-state index is -3.72. The summed E-state index contributed by atoms with van der Waals surface area (Å²) in [5, 5.41) is 10.8. The molecule has 1 aromatic carbocycles. The van der Waals surface area contributed by atoms with Crippen LogP contribution in [0.15, 0.2) is 23.1 Å². The Bertz CT molecular complexity index is 663. The van der Waals surface area contributed by atoms with Crippen LogP contribution in [0.25, 0.3) is 0 Å². The van der Waals surface area contributed by atoms with Crippen LogP contribution in [0, 0.1) is 23.0 Å². The van der Waals surface area contributed by atoms with Crippen molar-refractivity contribution in [3.8, 4) is 0 Å². The molecule has 2 atom stereocenters. The number of non-ortho nitro benzene ring substituents is 1. The third-order valence-corrected chi connectivity index (χ3v) is 5.94. The van der Waals surface area contributed by atoms with Crippen molar-refractivity contribution in [1.29, 1.82) is 0 Å². The molecule has 0 radical (unpaired) electrons. The summed E-state index contributed by atoms with van der Waals surface area (Å²) in [7, 11) is -3.72. The molecule has 0 bridgehead atoms. The number of halogens is 1. The summed E-state index contributed by atoms with van der Waals surface area (Å²) in [6.07, 6.45) is 0.713. The minimum absolute atomic E-state index is 0. The highest BCUT2D eigenvalue weighted by Crippen LogP contribution is 2.29. The molecule has 2 N–H and O–H groups in total. The number of nitrogens with two attached hydrogens (primary N) is 1. The molecule has 22 heavy (non-hydrogen) atoms. The summed E-state index contributed by atoms with van der Waals surface area (Å²) in [5.74, 6) is 0.124. The molecule has 9 heteroatoms. The summed E-state index contributed by atoms with van der Waals surface area (Å²) in [6, 6.07) is 3.83. The average molecular weight is 350 g/mol. The zero-order valence-electron chi connectivity index (χ0n) is 12.4. The van der Waals surface area contributed by atoms with E-state index in [1.165, 1.54) is 16.4 Å². The van der Waals surface area contributed by atoms with E-state index in [9.17, 15) is 18.5 Å². The molecule has 7 nitrogen and oxygen atoms in total. The molecular formula is C13H20ClN3O4S. The summed E-state index contributed by atoms with van der Waals surface area (Å²) in [4.78, 5) is 10.2. The second-order valence-electron chi connectivity index (χ2n) is 5.48. The molecule has 1 heterocycles. The summed E-state index contributed by atoms with van der Waals surface area (Å²) in [5.41, 5.74) is 6.11. The van der Waals surface area contributed by atoms with E-state index in [1.807, 2.05) is 6.92 Å². The second-order valence-corrected chi connectivity index (χ2v) is 7.38. The Kier molecular flexibility index (Phi) is 5.91. The third-order valence-electron chi connectivity index (χ3n) is 3.93. The van der Waals surface area contributed by atoms with Crippen LogP contribution >= 0.6 is 12.4 Å². The van der Waals surface area contributed by atoms with Gasteiger partial charge in [-0.3, -0.25) is 10.1 Å². The van der Waals surface area contributed by atoms with Gasteiger partial charge in [0.2, 0.25) is 10.0 Å². The van der Waals surface area contributed by atoms with E-state index in [1.54, 1.807) is 6.92 Å². The van der Waals surface area contributed by atoms with Crippen molar-refractivity contribution in [2.75, 3.05) is 13.1 Å². The van der Waals surface area contributed by atoms with E-state index < -0.39 is 14.9 Å². The second kappa shape index (κ2) is 6.91. The number of hydrogen-bond donors (Lipinski definition) is 1. The largest absolute Gasteiger partial charge is 0.328 e. The van der Waals surface area contributed by atoms with Gasteiger partial charge in [-0.25, -0.2) is 8.42 Å². The highest BCUT2D eigenvalue weighted by atomic mass is 35.5. The van der Waals surface area contributed by atoms with E-state index in [0.29, 0.717) is 25.1 Å². The van der Waals surface area contributed by atoms with Crippen molar-refractivity contribution >= 4 is 28.1 Å². The number of nitro groups is 1. The normalized spacial score (nSPS) is 20.4. The topological polar surface area (TPSA) is 107 Å². The van der Waals surface area contributed by atoms with Crippen LogP contribution in [0.4, 0.5) is 5.69 Å². The van der Waals surface area contributed by atoms with Gasteiger partial charge >= 0.3 is 0 Å². The molecule has 2 rings (SSSR count). The fourth-order valence-corrected chi connectivity index (χ4v) is 4.28. The quantitative estimate of drug-likeness (QED) is 0.657. The Labute approximate surface area is 136 Å². The lowest BCUT2D eigenvalue weighted by atomic mass is 10.0. The number of aryl methyl sites for hydroxylation is 1. The summed E-state index contributed by atoms with van der Waals surface area (Å²) >= 11 is 0. The maximum absolute atomic E-state index is 12.7. The first-order valence-electron chi connectivity index (χ1n) is 6.74. The highest BCUT2D eigenvalue weighted by Gasteiger charge is 2.35. The number of nitrogens with zero attached hydrogens (tertiary/aromatic N) is 2. The van der Waals surface area contributed by atoms with Crippen molar-refractivity contribution in [3.63, 3.8) is 0 Å². The van der Waals surface area contributed by atoms with Crippen LogP contribution in [0.1, 0.15) is 18.9 Å². The first kappa shape index (κ1) is 18.8. The van der Waals surface area contributed by atoms with E-state index in [2.05, 4.69) is 0 Å². The van der Waals surface area contributed by atoms with E-state index in [0.717, 1.165) is 6.07 Å². The monoisotopic (exact) mass is 349 g/mol. The standard InChI is InChI=1S/C13H19N3O4S.ClH/c1-9-3-4-12(16(17)18)7-13(9)21(19,20)15-6-5-11(8-15)10(2)14;/h3-4,7,10-11H,5-6,8,14H2,1-2H3;1H. The molecule has 124 valence electrons. The third kappa shape index (κ3) is 3.57. The molecule has 1 aliphatic rings. The molecule has 0 saturated carbocycles. The van der Waals surface area contributed by atoms with E-state index in [-0.39, 0.29) is 34.9 Å². The zero-order chi connectivity index (χ0) is 15.8. The summed E-state index contributed by atoms with van der Waals surface area (Å²) in [6.45, 7) is 4.26. The van der Waals surface area contributed by atoms with Gasteiger partial charge in [-0.15, -0.1) is 12.4 Å². The van der Waals surface area contributed by atoms with Gasteiger partial charge < -0.3 is 5.73 Å². The number of hydrogen-bond acceptors (Lipinski definition) is 5. The molecule has 0 aliphatic carbocycles. The van der Waals surface area contributed by atoms with Gasteiger partial charge in [0.25, 0.3) is 5.69 Å². The summed E-state index contributed by atoms with van der Waals surface area (Å²) < 4.78 is 26.7. The Morgan fingerprint density at radius 3 is 2.59 bits per heavy atom. The van der Waals surface area contributed by atoms with Gasteiger partial charge in [0.05, 0.1) is 9.82 Å². The number of sulfonamides is 1. The Balaban J connectivity index is 0.00000242. The number of benzene rings is 1. The van der Waals surface area contributed by atoms with Crippen molar-refractivity contribution in [1.82, 2.24) is 4.31 Å². The van der Waals surface area contributed by atoms with Crippen molar-refractivity contribution in [2.24, 2.45) is 11.7 Å². The SMILES string of the molecule is Cc1ccc([N+](=O)[O-])cc1S(=O)(=O)N1CCC(C(C)N)C1.Cl. The lowest BCUT2D eigenvalue weighted by Crippen LogP contribution is -2.33. The smallest absolute Gasteiger partial charge is 0.270 e. The van der Waals surface area contributed by atoms with Crippen LogP contribution in [0.3, 0.4) is 0 Å². The number of nitro benzene ring substituents is 1. The van der Waals surface area contributed by atoms with Crippen molar-refractivity contribution in [2.45, 2.75) is 31.2 Å². The molecule has 0 amide bonds. The number of rotatable bonds is 4. The fraction of sp³-hybridized carbons (Fsp3) is 0.538. The predicted molar refractivity (Wildman–Crippen MR) is 85.6 cm³/mol. The van der Waals surface area contributed by atoms with Gasteiger partial charge in [0, 0.05) is 31.3 Å². The molecule has 1 aliphatic heterocycles. The maximum Gasteiger partial charge on any atom is 0.270 e. The van der Waals surface area contributed by atoms with E-state index in [4.69, 9.17) is 5.73 Å². The predicted octanol–water partition coefficient (Wildman–Crippen LogP) is 1.68. The minimum Gasteiger partial charge on any atom is -0.328 e. The fourth-order valence-electron chi connectivity index (χ4n) is 2.52. The van der Waals surface area contributed by atoms with Crippen LogP contribution in [0.5, 0.6) is 0 Å². The zero-order valence-corrected chi connectivity index (χ0v) is 14.1. The Morgan fingerprint density at radius 1 is 1.45 bits per heavy atom. The van der Waals surface area contributed by atoms with Gasteiger partial charge in [0.15, 0.2) is 0 Å². The highest BCUT2D eigenvalue weighted by molar-refractivity contribution is 7.89. The first-order chi connectivity index (χ1) is 9.73. The van der Waals surface area contributed by atoms with Crippen molar-refractivity contribution < 1.29 is 13.3 Å². The Hall–Kier alpha value is -1.22. The Morgan fingerprint density at radius 2 is 2.09 bits per heavy atom. The van der Waals surface area contributed by atoms with Crippen LogP contribution in [0.2, 0.25) is 0 Å². The van der Waals surface area contributed by atoms with Crippen LogP contribution < -0.4 is 5.73 Å².